The minimum atomic E-state index is -1.49. The number of carbonyl (C=O) groups is 1. The van der Waals surface area contributed by atoms with Crippen molar-refractivity contribution in [2.45, 2.75) is 45.2 Å². The Kier molecular flexibility index (Phi) is 9.54. The van der Waals surface area contributed by atoms with Crippen LogP contribution in [0.4, 0.5) is 0 Å². The zero-order valence-electron chi connectivity index (χ0n) is 23.4. The molecule has 40 heavy (non-hydrogen) atoms. The van der Waals surface area contributed by atoms with Gasteiger partial charge in [0, 0.05) is 58.0 Å². The van der Waals surface area contributed by atoms with E-state index in [4.69, 9.17) is 18.9 Å². The first kappa shape index (κ1) is 29.2. The molecule has 1 aromatic heterocycles. The third kappa shape index (κ3) is 6.03. The lowest BCUT2D eigenvalue weighted by Gasteiger charge is -2.40. The Hall–Kier alpha value is -3.76. The van der Waals surface area contributed by atoms with E-state index in [2.05, 4.69) is 9.88 Å². The van der Waals surface area contributed by atoms with Crippen LogP contribution in [0.5, 0.6) is 5.75 Å². The number of fused-ring (bicyclic) bond motifs is 2. The van der Waals surface area contributed by atoms with Crippen molar-refractivity contribution in [3.8, 4) is 5.75 Å². The van der Waals surface area contributed by atoms with Crippen molar-refractivity contribution >= 4 is 11.7 Å². The van der Waals surface area contributed by atoms with E-state index >= 15 is 0 Å². The number of hydrogen-bond donors (Lipinski definition) is 3. The topological polar surface area (TPSA) is 131 Å². The highest BCUT2D eigenvalue weighted by molar-refractivity contribution is 5.92. The van der Waals surface area contributed by atoms with Gasteiger partial charge in [-0.05, 0) is 17.9 Å². The molecule has 0 amide bonds. The maximum atomic E-state index is 13.1. The molecule has 0 radical (unpaired) electrons. The summed E-state index contributed by atoms with van der Waals surface area (Å²) in [5, 5.41) is 21.0. The minimum Gasteiger partial charge on any atom is -0.506 e. The normalized spacial score (nSPS) is 18.5. The standard InChI is InChI=1S/C30H38N2O8/c1-18(2)20-17-40-23-15-22(39-13-8-12-37-3)21(11-14-38-4)32(16-19-9-6-5-7-10-19)27(23)26-24(20)28(33)25(30(35)36)29(34)31-26/h5-7,9-10,15,18,20-21H,8,11-14,16-17H2,1-4H3,(H,35,36)(H2,31,33,34). The third-order valence-corrected chi connectivity index (χ3v) is 7.32. The van der Waals surface area contributed by atoms with Crippen molar-refractivity contribution in [2.24, 2.45) is 5.92 Å². The molecule has 0 aliphatic carbocycles. The van der Waals surface area contributed by atoms with E-state index in [0.717, 1.165) is 5.56 Å². The van der Waals surface area contributed by atoms with Crippen LogP contribution in [0.15, 0.2) is 52.7 Å². The van der Waals surface area contributed by atoms with Crippen molar-refractivity contribution in [3.05, 3.63) is 80.7 Å². The fraction of sp³-hybridized carbons (Fsp3) is 0.467. The Balaban J connectivity index is 1.95. The molecule has 3 N–H and O–H groups in total. The van der Waals surface area contributed by atoms with Crippen LogP contribution < -0.4 is 5.56 Å². The number of carboxylic acid groups (broad SMARTS) is 1. The number of carboxylic acids is 1. The molecule has 4 rings (SSSR count). The number of benzene rings is 1. The predicted octanol–water partition coefficient (Wildman–Crippen LogP) is 4.08. The van der Waals surface area contributed by atoms with E-state index < -0.39 is 22.8 Å². The van der Waals surface area contributed by atoms with Gasteiger partial charge in [0.15, 0.2) is 5.56 Å². The molecule has 0 fully saturated rings. The first-order valence-electron chi connectivity index (χ1n) is 13.5. The van der Waals surface area contributed by atoms with Gasteiger partial charge >= 0.3 is 5.97 Å². The summed E-state index contributed by atoms with van der Waals surface area (Å²) in [5.74, 6) is -1.25. The zero-order chi connectivity index (χ0) is 28.8. The predicted molar refractivity (Wildman–Crippen MR) is 149 cm³/mol. The molecule has 2 aromatic rings. The summed E-state index contributed by atoms with van der Waals surface area (Å²) < 4.78 is 23.3. The van der Waals surface area contributed by atoms with E-state index in [0.29, 0.717) is 67.7 Å². The molecule has 1 aromatic carbocycles. The monoisotopic (exact) mass is 554 g/mol. The van der Waals surface area contributed by atoms with Crippen LogP contribution in [0.3, 0.4) is 0 Å². The quantitative estimate of drug-likeness (QED) is 0.332. The first-order chi connectivity index (χ1) is 19.3. The molecule has 2 atom stereocenters. The summed E-state index contributed by atoms with van der Waals surface area (Å²) in [5.41, 5.74) is 0.741. The molecule has 2 aliphatic rings. The second-order valence-electron chi connectivity index (χ2n) is 10.3. The summed E-state index contributed by atoms with van der Waals surface area (Å²) in [6, 6.07) is 9.57. The highest BCUT2D eigenvalue weighted by Gasteiger charge is 2.40. The molecule has 0 spiro atoms. The number of rotatable bonds is 12. The molecular weight excluding hydrogens is 516 g/mol. The summed E-state index contributed by atoms with van der Waals surface area (Å²) in [6.45, 7) is 6.00. The largest absolute Gasteiger partial charge is 0.506 e. The van der Waals surface area contributed by atoms with Gasteiger partial charge in [0.1, 0.15) is 23.0 Å². The lowest BCUT2D eigenvalue weighted by molar-refractivity contribution is 0.0691. The number of aromatic hydroxyl groups is 1. The number of ether oxygens (including phenoxy) is 4. The molecule has 216 valence electrons. The fourth-order valence-corrected chi connectivity index (χ4v) is 5.29. The van der Waals surface area contributed by atoms with Gasteiger partial charge in [-0.2, -0.15) is 0 Å². The second kappa shape index (κ2) is 13.1. The Morgan fingerprint density at radius 3 is 2.52 bits per heavy atom. The van der Waals surface area contributed by atoms with E-state index in [1.54, 1.807) is 14.2 Å². The number of methoxy groups -OCH3 is 2. The average Bonchev–Trinajstić information content (AvgIpc) is 3.08. The lowest BCUT2D eigenvalue weighted by Crippen LogP contribution is -2.40. The molecule has 2 unspecified atom stereocenters. The number of nitrogens with one attached hydrogen (secondary N) is 1. The molecule has 10 nitrogen and oxygen atoms in total. The molecule has 2 aliphatic heterocycles. The maximum absolute atomic E-state index is 13.1. The number of hydrogen-bond acceptors (Lipinski definition) is 8. The van der Waals surface area contributed by atoms with Crippen LogP contribution >= 0.6 is 0 Å². The van der Waals surface area contributed by atoms with Gasteiger partial charge in [0.25, 0.3) is 5.56 Å². The molecular formula is C30H38N2O8. The van der Waals surface area contributed by atoms with E-state index in [9.17, 15) is 19.8 Å². The summed E-state index contributed by atoms with van der Waals surface area (Å²) >= 11 is 0. The van der Waals surface area contributed by atoms with Crippen LogP contribution in [0.2, 0.25) is 0 Å². The van der Waals surface area contributed by atoms with Crippen LogP contribution in [-0.2, 0) is 25.5 Å². The number of aromatic nitrogens is 1. The molecule has 0 bridgehead atoms. The highest BCUT2D eigenvalue weighted by atomic mass is 16.5. The van der Waals surface area contributed by atoms with Gasteiger partial charge in [-0.25, -0.2) is 4.79 Å². The number of aromatic carboxylic acids is 1. The molecule has 0 saturated heterocycles. The van der Waals surface area contributed by atoms with Gasteiger partial charge in [-0.1, -0.05) is 44.2 Å². The number of allylic oxidation sites excluding steroid dienone is 1. The van der Waals surface area contributed by atoms with Crippen LogP contribution in [0, 0.1) is 5.92 Å². The Morgan fingerprint density at radius 1 is 1.15 bits per heavy atom. The minimum absolute atomic E-state index is 0.0286. The summed E-state index contributed by atoms with van der Waals surface area (Å²) in [7, 11) is 3.28. The number of H-pyrrole nitrogens is 1. The molecule has 10 heteroatoms. The van der Waals surface area contributed by atoms with Gasteiger partial charge in [-0.3, -0.25) is 4.79 Å². The van der Waals surface area contributed by atoms with E-state index in [-0.39, 0.29) is 24.5 Å². The van der Waals surface area contributed by atoms with Crippen LogP contribution in [0.25, 0.3) is 5.70 Å². The Labute approximate surface area is 233 Å². The number of pyridine rings is 1. The van der Waals surface area contributed by atoms with Gasteiger partial charge in [0.2, 0.25) is 0 Å². The Bertz CT molecular complexity index is 1310. The molecule has 3 heterocycles. The Morgan fingerprint density at radius 2 is 1.88 bits per heavy atom. The van der Waals surface area contributed by atoms with Crippen molar-refractivity contribution in [2.75, 3.05) is 40.6 Å². The second-order valence-corrected chi connectivity index (χ2v) is 10.3. The smallest absolute Gasteiger partial charge is 0.345 e. The molecule has 0 saturated carbocycles. The SMILES string of the molecule is COCCCOC1=CC2=C(c3[nH]c(=O)c(C(=O)O)c(O)c3C(C(C)C)CO2)N(Cc2ccccc2)C1CCOC. The van der Waals surface area contributed by atoms with Crippen molar-refractivity contribution in [1.82, 2.24) is 9.88 Å². The van der Waals surface area contributed by atoms with E-state index in [1.807, 2.05) is 50.3 Å². The third-order valence-electron chi connectivity index (χ3n) is 7.32. The highest BCUT2D eigenvalue weighted by Crippen LogP contribution is 2.45. The number of nitrogens with zero attached hydrogens (tertiary/aromatic N) is 1. The maximum Gasteiger partial charge on any atom is 0.345 e. The van der Waals surface area contributed by atoms with Crippen molar-refractivity contribution < 1.29 is 34.0 Å². The number of aromatic amines is 1. The van der Waals surface area contributed by atoms with Crippen molar-refractivity contribution in [3.63, 3.8) is 0 Å². The lowest BCUT2D eigenvalue weighted by atomic mass is 9.85. The van der Waals surface area contributed by atoms with E-state index in [1.165, 1.54) is 0 Å². The summed E-state index contributed by atoms with van der Waals surface area (Å²) in [6.07, 6.45) is 3.12. The van der Waals surface area contributed by atoms with Gasteiger partial charge in [0.05, 0.1) is 24.9 Å². The zero-order valence-corrected chi connectivity index (χ0v) is 23.4. The average molecular weight is 555 g/mol. The van der Waals surface area contributed by atoms with Crippen molar-refractivity contribution in [1.29, 1.82) is 0 Å². The van der Waals surface area contributed by atoms with Gasteiger partial charge in [-0.15, -0.1) is 0 Å². The summed E-state index contributed by atoms with van der Waals surface area (Å²) in [4.78, 5) is 29.9. The van der Waals surface area contributed by atoms with Gasteiger partial charge < -0.3 is 39.0 Å². The van der Waals surface area contributed by atoms with Crippen LogP contribution in [-0.4, -0.2) is 72.8 Å². The fourth-order valence-electron chi connectivity index (χ4n) is 5.29. The first-order valence-corrected chi connectivity index (χ1v) is 13.5. The van der Waals surface area contributed by atoms with Crippen LogP contribution in [0.1, 0.15) is 59.8 Å².